The molecule has 0 spiro atoms. The zero-order chi connectivity index (χ0) is 14.4. The summed E-state index contributed by atoms with van der Waals surface area (Å²) < 4.78 is 5.54. The maximum Gasteiger partial charge on any atom is 0.265 e. The first-order chi connectivity index (χ1) is 9.69. The van der Waals surface area contributed by atoms with Crippen molar-refractivity contribution in [1.29, 1.82) is 0 Å². The van der Waals surface area contributed by atoms with Crippen LogP contribution in [-0.4, -0.2) is 17.1 Å². The molecule has 0 aliphatic rings. The van der Waals surface area contributed by atoms with Gasteiger partial charge in [0, 0.05) is 5.69 Å². The molecule has 0 aliphatic carbocycles. The lowest BCUT2D eigenvalue weighted by Gasteiger charge is -2.14. The molecule has 104 valence electrons. The molecule has 20 heavy (non-hydrogen) atoms. The van der Waals surface area contributed by atoms with E-state index in [-0.39, 0.29) is 12.5 Å². The number of aliphatic hydroxyl groups is 1. The van der Waals surface area contributed by atoms with Gasteiger partial charge in [-0.1, -0.05) is 30.3 Å². The topological polar surface area (TPSA) is 58.6 Å². The van der Waals surface area contributed by atoms with E-state index in [1.807, 2.05) is 18.2 Å². The van der Waals surface area contributed by atoms with Crippen molar-refractivity contribution in [3.8, 4) is 5.75 Å². The van der Waals surface area contributed by atoms with Gasteiger partial charge >= 0.3 is 0 Å². The largest absolute Gasteiger partial charge is 0.481 e. The van der Waals surface area contributed by atoms with Crippen LogP contribution in [0.3, 0.4) is 0 Å². The number of rotatable bonds is 5. The van der Waals surface area contributed by atoms with E-state index in [0.717, 1.165) is 5.56 Å². The van der Waals surface area contributed by atoms with E-state index < -0.39 is 6.10 Å². The Morgan fingerprint density at radius 1 is 1.15 bits per heavy atom. The maximum atomic E-state index is 12.0. The Balaban J connectivity index is 1.93. The molecule has 2 aromatic rings. The molecule has 0 saturated carbocycles. The fraction of sp³-hybridized carbons (Fsp3) is 0.188. The van der Waals surface area contributed by atoms with Crippen LogP contribution in [0.1, 0.15) is 12.5 Å². The van der Waals surface area contributed by atoms with Crippen molar-refractivity contribution in [2.45, 2.75) is 19.6 Å². The third kappa shape index (κ3) is 3.83. The van der Waals surface area contributed by atoms with E-state index in [1.54, 1.807) is 43.3 Å². The number of ether oxygens (including phenoxy) is 1. The summed E-state index contributed by atoms with van der Waals surface area (Å²) in [6.07, 6.45) is -0.588. The van der Waals surface area contributed by atoms with Crippen molar-refractivity contribution in [2.75, 3.05) is 5.32 Å². The van der Waals surface area contributed by atoms with E-state index in [9.17, 15) is 4.79 Å². The zero-order valence-electron chi connectivity index (χ0n) is 11.2. The number of hydrogen-bond donors (Lipinski definition) is 2. The van der Waals surface area contributed by atoms with Crippen molar-refractivity contribution < 1.29 is 14.6 Å². The number of amides is 1. The fourth-order valence-electron chi connectivity index (χ4n) is 1.69. The lowest BCUT2D eigenvalue weighted by molar-refractivity contribution is -0.122. The minimum atomic E-state index is -0.588. The fourth-order valence-corrected chi connectivity index (χ4v) is 1.69. The summed E-state index contributed by atoms with van der Waals surface area (Å²) in [4.78, 5) is 12.0. The average Bonchev–Trinajstić information content (AvgIpc) is 2.49. The summed E-state index contributed by atoms with van der Waals surface area (Å²) in [5.74, 6) is 0.441. The smallest absolute Gasteiger partial charge is 0.265 e. The minimum absolute atomic E-state index is 0.0122. The molecular formula is C16H17NO3. The summed E-state index contributed by atoms with van der Waals surface area (Å²) in [5.41, 5.74) is 1.48. The number of para-hydroxylation sites is 1. The second-order valence-corrected chi connectivity index (χ2v) is 4.42. The van der Waals surface area contributed by atoms with Gasteiger partial charge in [-0.05, 0) is 36.8 Å². The van der Waals surface area contributed by atoms with Crippen molar-refractivity contribution in [1.82, 2.24) is 0 Å². The highest BCUT2D eigenvalue weighted by Gasteiger charge is 2.14. The molecular weight excluding hydrogens is 254 g/mol. The first-order valence-corrected chi connectivity index (χ1v) is 6.41. The highest BCUT2D eigenvalue weighted by Crippen LogP contribution is 2.13. The van der Waals surface area contributed by atoms with Gasteiger partial charge in [0.2, 0.25) is 0 Å². The molecule has 1 amide bonds. The summed E-state index contributed by atoms with van der Waals surface area (Å²) in [7, 11) is 0. The summed E-state index contributed by atoms with van der Waals surface area (Å²) >= 11 is 0. The van der Waals surface area contributed by atoms with E-state index >= 15 is 0 Å². The maximum absolute atomic E-state index is 12.0. The normalized spacial score (nSPS) is 11.7. The van der Waals surface area contributed by atoms with Gasteiger partial charge in [-0.3, -0.25) is 4.79 Å². The highest BCUT2D eigenvalue weighted by atomic mass is 16.5. The van der Waals surface area contributed by atoms with Gasteiger partial charge in [-0.15, -0.1) is 0 Å². The van der Waals surface area contributed by atoms with Gasteiger partial charge in [-0.2, -0.15) is 0 Å². The number of aliphatic hydroxyl groups excluding tert-OH is 1. The molecule has 1 unspecified atom stereocenters. The number of carbonyl (C=O) groups excluding carboxylic acids is 1. The molecule has 0 bridgehead atoms. The molecule has 2 N–H and O–H groups in total. The van der Waals surface area contributed by atoms with Crippen LogP contribution in [0.2, 0.25) is 0 Å². The molecule has 0 aliphatic heterocycles. The predicted octanol–water partition coefficient (Wildman–Crippen LogP) is 2.58. The number of hydrogen-bond acceptors (Lipinski definition) is 3. The van der Waals surface area contributed by atoms with Crippen molar-refractivity contribution >= 4 is 11.6 Å². The Labute approximate surface area is 118 Å². The highest BCUT2D eigenvalue weighted by molar-refractivity contribution is 5.94. The first kappa shape index (κ1) is 14.1. The van der Waals surface area contributed by atoms with Crippen LogP contribution in [0.15, 0.2) is 54.6 Å². The third-order valence-electron chi connectivity index (χ3n) is 2.83. The number of benzene rings is 2. The Morgan fingerprint density at radius 3 is 2.40 bits per heavy atom. The number of anilines is 1. The van der Waals surface area contributed by atoms with Crippen LogP contribution in [0.5, 0.6) is 5.75 Å². The van der Waals surface area contributed by atoms with Gasteiger partial charge in [0.1, 0.15) is 5.75 Å². The molecule has 0 aromatic heterocycles. The lowest BCUT2D eigenvalue weighted by Crippen LogP contribution is -2.30. The van der Waals surface area contributed by atoms with Gasteiger partial charge in [0.05, 0.1) is 6.61 Å². The molecule has 0 saturated heterocycles. The molecule has 0 fully saturated rings. The monoisotopic (exact) mass is 271 g/mol. The van der Waals surface area contributed by atoms with Crippen molar-refractivity contribution in [2.24, 2.45) is 0 Å². The molecule has 4 nitrogen and oxygen atoms in total. The van der Waals surface area contributed by atoms with Gasteiger partial charge in [0.15, 0.2) is 6.10 Å². The quantitative estimate of drug-likeness (QED) is 0.878. The number of nitrogens with one attached hydrogen (secondary N) is 1. The minimum Gasteiger partial charge on any atom is -0.481 e. The Kier molecular flexibility index (Phi) is 4.74. The molecule has 2 rings (SSSR count). The Hall–Kier alpha value is -2.33. The second-order valence-electron chi connectivity index (χ2n) is 4.42. The van der Waals surface area contributed by atoms with Crippen molar-refractivity contribution in [3.05, 3.63) is 60.2 Å². The van der Waals surface area contributed by atoms with Crippen LogP contribution in [-0.2, 0) is 11.4 Å². The molecule has 0 heterocycles. The van der Waals surface area contributed by atoms with Gasteiger partial charge < -0.3 is 15.2 Å². The van der Waals surface area contributed by atoms with Gasteiger partial charge in [-0.25, -0.2) is 0 Å². The zero-order valence-corrected chi connectivity index (χ0v) is 11.2. The Bertz CT molecular complexity index is 552. The van der Waals surface area contributed by atoms with Crippen LogP contribution < -0.4 is 10.1 Å². The Morgan fingerprint density at radius 2 is 1.80 bits per heavy atom. The molecule has 0 radical (unpaired) electrons. The van der Waals surface area contributed by atoms with Crippen LogP contribution in [0, 0.1) is 0 Å². The predicted molar refractivity (Wildman–Crippen MR) is 77.5 cm³/mol. The standard InChI is InChI=1S/C16H17NO3/c1-12(20-15-5-3-2-4-6-15)16(19)17-14-9-7-13(11-18)8-10-14/h2-10,12,18H,11H2,1H3,(H,17,19). The van der Waals surface area contributed by atoms with E-state index in [4.69, 9.17) is 9.84 Å². The summed E-state index contributed by atoms with van der Waals surface area (Å²) in [5, 5.41) is 11.7. The second kappa shape index (κ2) is 6.73. The van der Waals surface area contributed by atoms with Crippen LogP contribution >= 0.6 is 0 Å². The molecule has 1 atom stereocenters. The average molecular weight is 271 g/mol. The third-order valence-corrected chi connectivity index (χ3v) is 2.83. The molecule has 2 aromatic carbocycles. The first-order valence-electron chi connectivity index (χ1n) is 6.41. The summed E-state index contributed by atoms with van der Waals surface area (Å²) in [6.45, 7) is 1.69. The van der Waals surface area contributed by atoms with Crippen LogP contribution in [0.25, 0.3) is 0 Å². The van der Waals surface area contributed by atoms with E-state index in [2.05, 4.69) is 5.32 Å². The SMILES string of the molecule is CC(Oc1ccccc1)C(=O)Nc1ccc(CO)cc1. The van der Waals surface area contributed by atoms with E-state index in [1.165, 1.54) is 0 Å². The van der Waals surface area contributed by atoms with E-state index in [0.29, 0.717) is 11.4 Å². The molecule has 4 heteroatoms. The van der Waals surface area contributed by atoms with Gasteiger partial charge in [0.25, 0.3) is 5.91 Å². The van der Waals surface area contributed by atoms with Crippen molar-refractivity contribution in [3.63, 3.8) is 0 Å². The number of carbonyl (C=O) groups is 1. The van der Waals surface area contributed by atoms with Crippen LogP contribution in [0.4, 0.5) is 5.69 Å². The lowest BCUT2D eigenvalue weighted by atomic mass is 10.2. The summed E-state index contributed by atoms with van der Waals surface area (Å²) in [6, 6.07) is 16.2.